The molecule has 1 heterocycles. The lowest BCUT2D eigenvalue weighted by molar-refractivity contribution is 0.0689. The Labute approximate surface area is 97.3 Å². The van der Waals surface area contributed by atoms with E-state index in [9.17, 15) is 9.18 Å². The summed E-state index contributed by atoms with van der Waals surface area (Å²) in [5.74, 6) is -1.09. The van der Waals surface area contributed by atoms with E-state index in [-0.39, 0.29) is 5.69 Å². The SMILES string of the molecule is Cn1nc(C(=O)O)cc1-c1ccccc1CF. The summed E-state index contributed by atoms with van der Waals surface area (Å²) in [6.07, 6.45) is 0. The molecular weight excluding hydrogens is 223 g/mol. The molecule has 0 spiro atoms. The fourth-order valence-corrected chi connectivity index (χ4v) is 1.71. The van der Waals surface area contributed by atoms with Gasteiger partial charge in [-0.15, -0.1) is 0 Å². The molecule has 4 nitrogen and oxygen atoms in total. The number of hydrogen-bond acceptors (Lipinski definition) is 2. The first-order chi connectivity index (χ1) is 8.13. The van der Waals surface area contributed by atoms with Crippen LogP contribution < -0.4 is 0 Å². The third-order valence-corrected chi connectivity index (χ3v) is 2.54. The number of halogens is 1. The van der Waals surface area contributed by atoms with Crippen molar-refractivity contribution >= 4 is 5.97 Å². The molecule has 1 aromatic heterocycles. The maximum absolute atomic E-state index is 12.8. The highest BCUT2D eigenvalue weighted by molar-refractivity contribution is 5.87. The number of aryl methyl sites for hydroxylation is 1. The molecule has 0 saturated heterocycles. The van der Waals surface area contributed by atoms with Crippen molar-refractivity contribution < 1.29 is 14.3 Å². The molecule has 88 valence electrons. The minimum Gasteiger partial charge on any atom is -0.476 e. The molecule has 0 bridgehead atoms. The first kappa shape index (κ1) is 11.3. The van der Waals surface area contributed by atoms with Gasteiger partial charge in [-0.05, 0) is 11.6 Å². The lowest BCUT2D eigenvalue weighted by Gasteiger charge is -2.05. The molecule has 1 N–H and O–H groups in total. The van der Waals surface area contributed by atoms with E-state index in [0.29, 0.717) is 16.8 Å². The van der Waals surface area contributed by atoms with Crippen molar-refractivity contribution in [1.29, 1.82) is 0 Å². The van der Waals surface area contributed by atoms with Crippen molar-refractivity contribution in [3.63, 3.8) is 0 Å². The summed E-state index contributed by atoms with van der Waals surface area (Å²) < 4.78 is 14.3. The fourth-order valence-electron chi connectivity index (χ4n) is 1.71. The summed E-state index contributed by atoms with van der Waals surface area (Å²) in [6.45, 7) is -0.593. The molecule has 5 heteroatoms. The molecule has 0 aliphatic heterocycles. The zero-order valence-corrected chi connectivity index (χ0v) is 9.22. The van der Waals surface area contributed by atoms with Gasteiger partial charge >= 0.3 is 5.97 Å². The van der Waals surface area contributed by atoms with E-state index in [0.717, 1.165) is 0 Å². The third kappa shape index (κ3) is 2.04. The molecule has 1 aromatic carbocycles. The van der Waals surface area contributed by atoms with E-state index in [1.54, 1.807) is 31.3 Å². The number of aromatic carboxylic acids is 1. The minimum atomic E-state index is -1.09. The fraction of sp³-hybridized carbons (Fsp3) is 0.167. The zero-order chi connectivity index (χ0) is 12.4. The van der Waals surface area contributed by atoms with Crippen LogP contribution in [0.5, 0.6) is 0 Å². The van der Waals surface area contributed by atoms with Gasteiger partial charge in [-0.3, -0.25) is 4.68 Å². The topological polar surface area (TPSA) is 55.1 Å². The van der Waals surface area contributed by atoms with Crippen LogP contribution in [0.3, 0.4) is 0 Å². The summed E-state index contributed by atoms with van der Waals surface area (Å²) in [6, 6.07) is 8.38. The Morgan fingerprint density at radius 1 is 1.47 bits per heavy atom. The van der Waals surface area contributed by atoms with Gasteiger partial charge in [0.25, 0.3) is 0 Å². The average Bonchev–Trinajstić information content (AvgIpc) is 2.71. The van der Waals surface area contributed by atoms with Crippen LogP contribution in [0, 0.1) is 0 Å². The first-order valence-corrected chi connectivity index (χ1v) is 5.05. The molecule has 0 radical (unpaired) electrons. The molecule has 0 saturated carbocycles. The Bertz CT molecular complexity index is 563. The molecule has 0 atom stereocenters. The van der Waals surface area contributed by atoms with Crippen molar-refractivity contribution in [2.45, 2.75) is 6.67 Å². The van der Waals surface area contributed by atoms with Crippen LogP contribution in [0.4, 0.5) is 4.39 Å². The molecule has 17 heavy (non-hydrogen) atoms. The largest absolute Gasteiger partial charge is 0.476 e. The number of rotatable bonds is 3. The molecule has 0 aliphatic rings. The Kier molecular flexibility index (Phi) is 2.91. The molecule has 2 aromatic rings. The van der Waals surface area contributed by atoms with Crippen molar-refractivity contribution in [1.82, 2.24) is 9.78 Å². The van der Waals surface area contributed by atoms with Gasteiger partial charge in [0.1, 0.15) is 6.67 Å². The van der Waals surface area contributed by atoms with Gasteiger partial charge in [0.2, 0.25) is 0 Å². The summed E-state index contributed by atoms with van der Waals surface area (Å²) in [5.41, 5.74) is 1.73. The van der Waals surface area contributed by atoms with Crippen LogP contribution in [0.2, 0.25) is 0 Å². The van der Waals surface area contributed by atoms with Crippen molar-refractivity contribution in [2.75, 3.05) is 0 Å². The monoisotopic (exact) mass is 234 g/mol. The molecule has 0 amide bonds. The van der Waals surface area contributed by atoms with Gasteiger partial charge in [0.05, 0.1) is 5.69 Å². The molecule has 0 unspecified atom stereocenters. The predicted molar refractivity (Wildman–Crippen MR) is 60.4 cm³/mol. The van der Waals surface area contributed by atoms with E-state index < -0.39 is 12.6 Å². The maximum atomic E-state index is 12.8. The number of aromatic nitrogens is 2. The molecule has 0 fully saturated rings. The van der Waals surface area contributed by atoms with Gasteiger partial charge < -0.3 is 5.11 Å². The highest BCUT2D eigenvalue weighted by atomic mass is 19.1. The number of carboxylic acids is 1. The standard InChI is InChI=1S/C12H11FN2O2/c1-15-11(6-10(14-15)12(16)17)9-5-3-2-4-8(9)7-13/h2-6H,7H2,1H3,(H,16,17). The second kappa shape index (κ2) is 4.37. The lowest BCUT2D eigenvalue weighted by atomic mass is 10.1. The Hall–Kier alpha value is -2.17. The lowest BCUT2D eigenvalue weighted by Crippen LogP contribution is -1.99. The summed E-state index contributed by atoms with van der Waals surface area (Å²) in [7, 11) is 1.64. The predicted octanol–water partition coefficient (Wildman–Crippen LogP) is 2.25. The molecule has 0 aliphatic carbocycles. The van der Waals surface area contributed by atoms with E-state index in [2.05, 4.69) is 5.10 Å². The number of alkyl halides is 1. The van der Waals surface area contributed by atoms with Gasteiger partial charge in [-0.1, -0.05) is 24.3 Å². The van der Waals surface area contributed by atoms with Crippen molar-refractivity contribution in [3.8, 4) is 11.3 Å². The number of nitrogens with zero attached hydrogens (tertiary/aromatic N) is 2. The van der Waals surface area contributed by atoms with Crippen LogP contribution in [0.25, 0.3) is 11.3 Å². The third-order valence-electron chi connectivity index (χ3n) is 2.54. The number of benzene rings is 1. The molecular formula is C12H11FN2O2. The second-order valence-electron chi connectivity index (χ2n) is 3.63. The Morgan fingerprint density at radius 3 is 2.76 bits per heavy atom. The van der Waals surface area contributed by atoms with Crippen LogP contribution in [-0.4, -0.2) is 20.9 Å². The van der Waals surface area contributed by atoms with E-state index in [4.69, 9.17) is 5.11 Å². The van der Waals surface area contributed by atoms with Gasteiger partial charge in [-0.25, -0.2) is 9.18 Å². The average molecular weight is 234 g/mol. The van der Waals surface area contributed by atoms with Gasteiger partial charge in [-0.2, -0.15) is 5.10 Å². The van der Waals surface area contributed by atoms with E-state index in [1.807, 2.05) is 0 Å². The molecule has 2 rings (SSSR count). The number of hydrogen-bond donors (Lipinski definition) is 1. The van der Waals surface area contributed by atoms with Gasteiger partial charge in [0.15, 0.2) is 5.69 Å². The van der Waals surface area contributed by atoms with Crippen LogP contribution in [0.15, 0.2) is 30.3 Å². The minimum absolute atomic E-state index is 0.0452. The first-order valence-electron chi connectivity index (χ1n) is 5.05. The van der Waals surface area contributed by atoms with E-state index >= 15 is 0 Å². The van der Waals surface area contributed by atoms with Crippen molar-refractivity contribution in [2.24, 2.45) is 7.05 Å². The smallest absolute Gasteiger partial charge is 0.356 e. The van der Waals surface area contributed by atoms with Gasteiger partial charge in [0, 0.05) is 12.6 Å². The quantitative estimate of drug-likeness (QED) is 0.886. The summed E-state index contributed by atoms with van der Waals surface area (Å²) in [4.78, 5) is 10.8. The number of carbonyl (C=O) groups is 1. The van der Waals surface area contributed by atoms with Crippen LogP contribution >= 0.6 is 0 Å². The normalized spacial score (nSPS) is 10.5. The summed E-state index contributed by atoms with van der Waals surface area (Å²) in [5, 5.41) is 12.7. The van der Waals surface area contributed by atoms with E-state index in [1.165, 1.54) is 10.7 Å². The zero-order valence-electron chi connectivity index (χ0n) is 9.22. The maximum Gasteiger partial charge on any atom is 0.356 e. The summed E-state index contributed by atoms with van der Waals surface area (Å²) >= 11 is 0. The Balaban J connectivity index is 2.56. The van der Waals surface area contributed by atoms with Crippen LogP contribution in [-0.2, 0) is 13.7 Å². The second-order valence-corrected chi connectivity index (χ2v) is 3.63. The number of carboxylic acid groups (broad SMARTS) is 1. The highest BCUT2D eigenvalue weighted by Crippen LogP contribution is 2.24. The van der Waals surface area contributed by atoms with Crippen molar-refractivity contribution in [3.05, 3.63) is 41.6 Å². The van der Waals surface area contributed by atoms with Crippen LogP contribution in [0.1, 0.15) is 16.1 Å². The Morgan fingerprint density at radius 2 is 2.18 bits per heavy atom. The highest BCUT2D eigenvalue weighted by Gasteiger charge is 2.14.